The van der Waals surface area contributed by atoms with E-state index in [1.807, 2.05) is 0 Å². The lowest BCUT2D eigenvalue weighted by atomic mass is 10.1. The van der Waals surface area contributed by atoms with Crippen LogP contribution in [0.2, 0.25) is 0 Å². The molecule has 0 saturated heterocycles. The maximum Gasteiger partial charge on any atom is 0.132 e. The predicted octanol–water partition coefficient (Wildman–Crippen LogP) is 2.53. The molecule has 106 valence electrons. The summed E-state index contributed by atoms with van der Waals surface area (Å²) in [6, 6.07) is 0. The molecule has 1 heterocycles. The van der Waals surface area contributed by atoms with E-state index in [2.05, 4.69) is 22.2 Å². The Hall–Kier alpha value is -1.16. The van der Waals surface area contributed by atoms with Crippen LogP contribution in [0.3, 0.4) is 0 Å². The average molecular weight is 262 g/mol. The minimum atomic E-state index is 0.615. The number of aromatic nitrogens is 2. The van der Waals surface area contributed by atoms with Gasteiger partial charge in [0.2, 0.25) is 0 Å². The summed E-state index contributed by atoms with van der Waals surface area (Å²) in [7, 11) is 0. The Morgan fingerprint density at radius 1 is 1.26 bits per heavy atom. The Balaban J connectivity index is 1.89. The number of rotatable bonds is 6. The minimum Gasteiger partial charge on any atom is -0.370 e. The van der Waals surface area contributed by atoms with Gasteiger partial charge in [-0.05, 0) is 51.0 Å². The van der Waals surface area contributed by atoms with Crippen LogP contribution in [0.15, 0.2) is 6.33 Å². The van der Waals surface area contributed by atoms with Crippen molar-refractivity contribution in [1.29, 1.82) is 0 Å². The summed E-state index contributed by atoms with van der Waals surface area (Å²) in [5.41, 5.74) is 8.24. The molecule has 0 radical (unpaired) electrons. The molecular weight excluding hydrogens is 236 g/mol. The van der Waals surface area contributed by atoms with Crippen molar-refractivity contribution in [2.75, 3.05) is 18.4 Å². The molecule has 4 heteroatoms. The number of hydrogen-bond donors (Lipinski definition) is 2. The van der Waals surface area contributed by atoms with Gasteiger partial charge in [-0.2, -0.15) is 0 Å². The Morgan fingerprint density at radius 3 is 2.95 bits per heavy atom. The van der Waals surface area contributed by atoms with E-state index in [9.17, 15) is 0 Å². The quantitative estimate of drug-likeness (QED) is 0.611. The fourth-order valence-electron chi connectivity index (χ4n) is 2.63. The van der Waals surface area contributed by atoms with E-state index >= 15 is 0 Å². The molecule has 0 aromatic carbocycles. The van der Waals surface area contributed by atoms with Crippen LogP contribution in [0.25, 0.3) is 0 Å². The molecule has 0 aliphatic heterocycles. The second-order valence-electron chi connectivity index (χ2n) is 5.62. The second kappa shape index (κ2) is 7.43. The Kier molecular flexibility index (Phi) is 5.58. The van der Waals surface area contributed by atoms with Gasteiger partial charge in [0.05, 0.1) is 0 Å². The van der Waals surface area contributed by atoms with Crippen molar-refractivity contribution in [1.82, 2.24) is 9.97 Å². The SMILES string of the molecule is CC(CN)CCCNc1ncnc2c1CCCCC2. The molecule has 4 nitrogen and oxygen atoms in total. The van der Waals surface area contributed by atoms with Crippen molar-refractivity contribution in [3.05, 3.63) is 17.6 Å². The number of nitrogens with two attached hydrogens (primary N) is 1. The number of nitrogens with one attached hydrogen (secondary N) is 1. The number of anilines is 1. The van der Waals surface area contributed by atoms with Gasteiger partial charge in [0.15, 0.2) is 0 Å². The van der Waals surface area contributed by atoms with Crippen LogP contribution >= 0.6 is 0 Å². The lowest BCUT2D eigenvalue weighted by Crippen LogP contribution is -2.13. The molecule has 1 unspecified atom stereocenters. The highest BCUT2D eigenvalue weighted by atomic mass is 15.0. The van der Waals surface area contributed by atoms with Crippen LogP contribution in [0.5, 0.6) is 0 Å². The molecule has 3 N–H and O–H groups in total. The van der Waals surface area contributed by atoms with E-state index in [1.54, 1.807) is 6.33 Å². The van der Waals surface area contributed by atoms with Crippen LogP contribution in [-0.2, 0) is 12.8 Å². The van der Waals surface area contributed by atoms with Gasteiger partial charge in [-0.3, -0.25) is 0 Å². The molecule has 19 heavy (non-hydrogen) atoms. The monoisotopic (exact) mass is 262 g/mol. The van der Waals surface area contributed by atoms with E-state index in [4.69, 9.17) is 5.73 Å². The standard InChI is InChI=1S/C15H26N4/c1-12(10-16)6-5-9-17-15-13-7-3-2-4-8-14(13)18-11-19-15/h11-12H,2-10,16H2,1H3,(H,17,18,19). The minimum absolute atomic E-state index is 0.615. The zero-order chi connectivity index (χ0) is 13.5. The van der Waals surface area contributed by atoms with Gasteiger partial charge in [0.1, 0.15) is 12.1 Å². The highest BCUT2D eigenvalue weighted by Crippen LogP contribution is 2.23. The molecule has 2 rings (SSSR count). The third kappa shape index (κ3) is 4.16. The first-order valence-electron chi connectivity index (χ1n) is 7.58. The molecule has 0 spiro atoms. The van der Waals surface area contributed by atoms with Crippen molar-refractivity contribution in [2.24, 2.45) is 11.7 Å². The van der Waals surface area contributed by atoms with Gasteiger partial charge < -0.3 is 11.1 Å². The van der Waals surface area contributed by atoms with Crippen LogP contribution in [0, 0.1) is 5.92 Å². The van der Waals surface area contributed by atoms with Gasteiger partial charge in [0, 0.05) is 17.8 Å². The first-order chi connectivity index (χ1) is 9.31. The zero-order valence-electron chi connectivity index (χ0n) is 12.0. The normalized spacial score (nSPS) is 16.5. The summed E-state index contributed by atoms with van der Waals surface area (Å²) < 4.78 is 0. The highest BCUT2D eigenvalue weighted by Gasteiger charge is 2.13. The number of hydrogen-bond acceptors (Lipinski definition) is 4. The Morgan fingerprint density at radius 2 is 2.11 bits per heavy atom. The molecule has 1 aliphatic rings. The van der Waals surface area contributed by atoms with Gasteiger partial charge in [-0.25, -0.2) is 9.97 Å². The van der Waals surface area contributed by atoms with Crippen LogP contribution < -0.4 is 11.1 Å². The molecule has 0 fully saturated rings. The molecule has 0 bridgehead atoms. The number of fused-ring (bicyclic) bond motifs is 1. The largest absolute Gasteiger partial charge is 0.370 e. The first kappa shape index (κ1) is 14.3. The second-order valence-corrected chi connectivity index (χ2v) is 5.62. The fraction of sp³-hybridized carbons (Fsp3) is 0.733. The van der Waals surface area contributed by atoms with Crippen molar-refractivity contribution in [3.8, 4) is 0 Å². The molecule has 1 aliphatic carbocycles. The van der Waals surface area contributed by atoms with E-state index in [-0.39, 0.29) is 0 Å². The maximum atomic E-state index is 5.63. The number of nitrogens with zero attached hydrogens (tertiary/aromatic N) is 2. The predicted molar refractivity (Wildman–Crippen MR) is 79.2 cm³/mol. The summed E-state index contributed by atoms with van der Waals surface area (Å²) in [5, 5.41) is 3.49. The van der Waals surface area contributed by atoms with Gasteiger partial charge in [-0.15, -0.1) is 0 Å². The summed E-state index contributed by atoms with van der Waals surface area (Å²) in [5.74, 6) is 1.68. The van der Waals surface area contributed by atoms with Gasteiger partial charge in [0.25, 0.3) is 0 Å². The Labute approximate surface area is 116 Å². The van der Waals surface area contributed by atoms with Crippen LogP contribution in [-0.4, -0.2) is 23.1 Å². The number of aryl methyl sites for hydroxylation is 1. The third-order valence-corrected chi connectivity index (χ3v) is 3.94. The van der Waals surface area contributed by atoms with Crippen molar-refractivity contribution >= 4 is 5.82 Å². The van der Waals surface area contributed by atoms with Gasteiger partial charge in [-0.1, -0.05) is 13.3 Å². The molecular formula is C15H26N4. The van der Waals surface area contributed by atoms with Crippen molar-refractivity contribution in [2.45, 2.75) is 51.9 Å². The van der Waals surface area contributed by atoms with Crippen molar-refractivity contribution in [3.63, 3.8) is 0 Å². The van der Waals surface area contributed by atoms with Gasteiger partial charge >= 0.3 is 0 Å². The maximum absolute atomic E-state index is 5.63. The van der Waals surface area contributed by atoms with E-state index in [0.717, 1.165) is 38.2 Å². The summed E-state index contributed by atoms with van der Waals surface area (Å²) in [6.07, 6.45) is 10.1. The lowest BCUT2D eigenvalue weighted by molar-refractivity contribution is 0.529. The van der Waals surface area contributed by atoms with Crippen LogP contribution in [0.1, 0.15) is 50.3 Å². The van der Waals surface area contributed by atoms with E-state index < -0.39 is 0 Å². The molecule has 0 amide bonds. The topological polar surface area (TPSA) is 63.8 Å². The smallest absolute Gasteiger partial charge is 0.132 e. The highest BCUT2D eigenvalue weighted by molar-refractivity contribution is 5.46. The fourth-order valence-corrected chi connectivity index (χ4v) is 2.63. The first-order valence-corrected chi connectivity index (χ1v) is 7.58. The summed E-state index contributed by atoms with van der Waals surface area (Å²) in [6.45, 7) is 3.97. The molecule has 1 atom stereocenters. The summed E-state index contributed by atoms with van der Waals surface area (Å²) >= 11 is 0. The summed E-state index contributed by atoms with van der Waals surface area (Å²) in [4.78, 5) is 8.87. The van der Waals surface area contributed by atoms with E-state index in [1.165, 1.54) is 36.9 Å². The molecule has 1 aromatic rings. The third-order valence-electron chi connectivity index (χ3n) is 3.94. The van der Waals surface area contributed by atoms with Crippen LogP contribution in [0.4, 0.5) is 5.82 Å². The lowest BCUT2D eigenvalue weighted by Gasteiger charge is -2.13. The molecule has 0 saturated carbocycles. The van der Waals surface area contributed by atoms with E-state index in [0.29, 0.717) is 5.92 Å². The van der Waals surface area contributed by atoms with Crippen molar-refractivity contribution < 1.29 is 0 Å². The zero-order valence-corrected chi connectivity index (χ0v) is 12.0. The Bertz CT molecular complexity index is 392. The molecule has 1 aromatic heterocycles. The average Bonchev–Trinajstić information content (AvgIpc) is 2.69.